The van der Waals surface area contributed by atoms with Gasteiger partial charge in [-0.05, 0) is 28.1 Å². The number of tetrazole rings is 1. The summed E-state index contributed by atoms with van der Waals surface area (Å²) in [5.74, 6) is -0.0507. The number of aromatic nitrogens is 5. The van der Waals surface area contributed by atoms with Crippen LogP contribution in [0.15, 0.2) is 42.2 Å². The third kappa shape index (κ3) is 5.33. The first-order valence-electron chi connectivity index (χ1n) is 7.82. The maximum Gasteiger partial charge on any atom is 0.220 e. The zero-order valence-corrected chi connectivity index (χ0v) is 15.0. The molecule has 0 aliphatic heterocycles. The number of rotatable bonds is 8. The molecule has 9 heteroatoms. The van der Waals surface area contributed by atoms with Crippen molar-refractivity contribution in [2.75, 3.05) is 6.54 Å². The highest BCUT2D eigenvalue weighted by Gasteiger charge is 2.17. The Bertz CT molecular complexity index is 776. The lowest BCUT2D eigenvalue weighted by Gasteiger charge is -2.17. The van der Waals surface area contributed by atoms with Crippen molar-refractivity contribution >= 4 is 28.8 Å². The Balaban J connectivity index is 1.60. The van der Waals surface area contributed by atoms with Gasteiger partial charge in [-0.1, -0.05) is 23.7 Å². The van der Waals surface area contributed by atoms with Crippen LogP contribution < -0.4 is 5.32 Å². The lowest BCUT2D eigenvalue weighted by atomic mass is 9.95. The number of halogens is 1. The second kappa shape index (κ2) is 8.68. The van der Waals surface area contributed by atoms with E-state index in [-0.39, 0.29) is 11.8 Å². The lowest BCUT2D eigenvalue weighted by Crippen LogP contribution is -2.28. The summed E-state index contributed by atoms with van der Waals surface area (Å²) >= 11 is 7.55. The first kappa shape index (κ1) is 17.5. The van der Waals surface area contributed by atoms with Crippen LogP contribution in [0.1, 0.15) is 22.9 Å². The van der Waals surface area contributed by atoms with Gasteiger partial charge in [-0.2, -0.15) is 0 Å². The van der Waals surface area contributed by atoms with E-state index in [9.17, 15) is 4.79 Å². The van der Waals surface area contributed by atoms with Gasteiger partial charge in [0.05, 0.1) is 11.6 Å². The topological polar surface area (TPSA) is 85.6 Å². The minimum Gasteiger partial charge on any atom is -0.356 e. The van der Waals surface area contributed by atoms with Crippen LogP contribution in [0.25, 0.3) is 0 Å². The molecular formula is C16H17ClN6OS. The van der Waals surface area contributed by atoms with Crippen molar-refractivity contribution in [3.63, 3.8) is 0 Å². The van der Waals surface area contributed by atoms with Crippen LogP contribution in [0.5, 0.6) is 0 Å². The fourth-order valence-corrected chi connectivity index (χ4v) is 3.24. The fraction of sp³-hybridized carbons (Fsp3) is 0.312. The van der Waals surface area contributed by atoms with E-state index in [2.05, 4.69) is 25.8 Å². The molecule has 1 aromatic carbocycles. The van der Waals surface area contributed by atoms with Gasteiger partial charge < -0.3 is 5.32 Å². The van der Waals surface area contributed by atoms with Crippen LogP contribution >= 0.6 is 22.9 Å². The van der Waals surface area contributed by atoms with Crippen molar-refractivity contribution < 1.29 is 4.79 Å². The Hall–Kier alpha value is -2.32. The SMILES string of the molecule is O=C(C[C@@H](Cn1cnnn1)c1ccc(Cl)cc1)NCCc1nccs1. The number of hydrogen-bond donors (Lipinski definition) is 1. The smallest absolute Gasteiger partial charge is 0.220 e. The highest BCUT2D eigenvalue weighted by molar-refractivity contribution is 7.09. The van der Waals surface area contributed by atoms with Crippen LogP contribution in [-0.2, 0) is 17.8 Å². The van der Waals surface area contributed by atoms with Crippen molar-refractivity contribution in [3.05, 3.63) is 57.8 Å². The molecule has 1 N–H and O–H groups in total. The maximum absolute atomic E-state index is 12.3. The fourth-order valence-electron chi connectivity index (χ4n) is 2.49. The van der Waals surface area contributed by atoms with Gasteiger partial charge in [0.15, 0.2) is 0 Å². The largest absolute Gasteiger partial charge is 0.356 e. The summed E-state index contributed by atoms with van der Waals surface area (Å²) in [5, 5.41) is 17.7. The first-order chi connectivity index (χ1) is 12.2. The van der Waals surface area contributed by atoms with Crippen molar-refractivity contribution in [1.82, 2.24) is 30.5 Å². The van der Waals surface area contributed by atoms with Gasteiger partial charge in [-0.3, -0.25) is 4.79 Å². The number of amides is 1. The lowest BCUT2D eigenvalue weighted by molar-refractivity contribution is -0.121. The standard InChI is InChI=1S/C16H17ClN6OS/c17-14-3-1-12(2-4-14)13(10-23-11-20-21-22-23)9-15(24)18-6-5-16-19-7-8-25-16/h1-4,7-8,11,13H,5-6,9-10H2,(H,18,24)/t13-/m0/s1. The van der Waals surface area contributed by atoms with E-state index in [1.807, 2.05) is 29.6 Å². The summed E-state index contributed by atoms with van der Waals surface area (Å²) in [6, 6.07) is 7.51. The van der Waals surface area contributed by atoms with E-state index < -0.39 is 0 Å². The molecule has 2 heterocycles. The number of nitrogens with zero attached hydrogens (tertiary/aromatic N) is 5. The molecule has 0 radical (unpaired) electrons. The van der Waals surface area contributed by atoms with Crippen LogP contribution in [-0.4, -0.2) is 37.6 Å². The number of hydrogen-bond acceptors (Lipinski definition) is 6. The van der Waals surface area contributed by atoms with Gasteiger partial charge in [-0.25, -0.2) is 9.67 Å². The van der Waals surface area contributed by atoms with Gasteiger partial charge in [0.25, 0.3) is 0 Å². The van der Waals surface area contributed by atoms with E-state index in [1.165, 1.54) is 0 Å². The highest BCUT2D eigenvalue weighted by atomic mass is 35.5. The van der Waals surface area contributed by atoms with E-state index in [4.69, 9.17) is 11.6 Å². The average Bonchev–Trinajstić information content (AvgIpc) is 3.29. The summed E-state index contributed by atoms with van der Waals surface area (Å²) in [5.41, 5.74) is 1.02. The summed E-state index contributed by atoms with van der Waals surface area (Å²) in [6.45, 7) is 1.10. The molecule has 1 amide bonds. The van der Waals surface area contributed by atoms with Gasteiger partial charge in [0, 0.05) is 41.9 Å². The van der Waals surface area contributed by atoms with Crippen LogP contribution in [0.3, 0.4) is 0 Å². The molecule has 0 bridgehead atoms. The number of carbonyl (C=O) groups excluding carboxylic acids is 1. The molecule has 1 atom stereocenters. The Labute approximate surface area is 154 Å². The Kier molecular flexibility index (Phi) is 6.08. The first-order valence-corrected chi connectivity index (χ1v) is 9.08. The second-order valence-corrected chi connectivity index (χ2v) is 6.93. The molecule has 130 valence electrons. The summed E-state index contributed by atoms with van der Waals surface area (Å²) in [7, 11) is 0. The zero-order valence-electron chi connectivity index (χ0n) is 13.4. The summed E-state index contributed by atoms with van der Waals surface area (Å²) in [4.78, 5) is 16.5. The Morgan fingerprint density at radius 1 is 1.32 bits per heavy atom. The average molecular weight is 377 g/mol. The molecule has 0 fully saturated rings. The second-order valence-electron chi connectivity index (χ2n) is 5.51. The zero-order chi connectivity index (χ0) is 17.5. The highest BCUT2D eigenvalue weighted by Crippen LogP contribution is 2.23. The minimum atomic E-state index is -0.0411. The van der Waals surface area contributed by atoms with Crippen LogP contribution in [0, 0.1) is 0 Å². The Morgan fingerprint density at radius 2 is 2.16 bits per heavy atom. The molecule has 3 aromatic rings. The van der Waals surface area contributed by atoms with Gasteiger partial charge in [0.2, 0.25) is 5.91 Å². The molecule has 2 aromatic heterocycles. The van der Waals surface area contributed by atoms with Crippen molar-refractivity contribution in [3.8, 4) is 0 Å². The van der Waals surface area contributed by atoms with Gasteiger partial charge in [-0.15, -0.1) is 16.4 Å². The predicted molar refractivity (Wildman–Crippen MR) is 95.5 cm³/mol. The Morgan fingerprint density at radius 3 is 2.84 bits per heavy atom. The van der Waals surface area contributed by atoms with Crippen molar-refractivity contribution in [2.45, 2.75) is 25.3 Å². The minimum absolute atomic E-state index is 0.00965. The molecule has 0 spiro atoms. The van der Waals surface area contributed by atoms with E-state index in [1.54, 1.807) is 28.5 Å². The molecule has 3 rings (SSSR count). The van der Waals surface area contributed by atoms with Crippen molar-refractivity contribution in [1.29, 1.82) is 0 Å². The van der Waals surface area contributed by atoms with E-state index in [0.29, 0.717) is 24.5 Å². The molecule has 0 saturated carbocycles. The molecular weight excluding hydrogens is 360 g/mol. The predicted octanol–water partition coefficient (Wildman–Crippen LogP) is 2.32. The summed E-state index contributed by atoms with van der Waals surface area (Å²) < 4.78 is 1.63. The number of nitrogens with one attached hydrogen (secondary N) is 1. The van der Waals surface area contributed by atoms with Gasteiger partial charge >= 0.3 is 0 Å². The van der Waals surface area contributed by atoms with Gasteiger partial charge in [0.1, 0.15) is 6.33 Å². The maximum atomic E-state index is 12.3. The summed E-state index contributed by atoms with van der Waals surface area (Å²) in [6.07, 6.45) is 4.40. The molecule has 0 unspecified atom stereocenters. The van der Waals surface area contributed by atoms with Crippen molar-refractivity contribution in [2.24, 2.45) is 0 Å². The normalized spacial score (nSPS) is 12.0. The molecule has 0 aliphatic rings. The number of benzene rings is 1. The third-order valence-corrected chi connectivity index (χ3v) is 4.81. The molecule has 7 nitrogen and oxygen atoms in total. The molecule has 25 heavy (non-hydrogen) atoms. The number of carbonyl (C=O) groups is 1. The quantitative estimate of drug-likeness (QED) is 0.652. The number of thiazole rings is 1. The third-order valence-electron chi connectivity index (χ3n) is 3.72. The van der Waals surface area contributed by atoms with Crippen LogP contribution in [0.4, 0.5) is 0 Å². The van der Waals surface area contributed by atoms with E-state index in [0.717, 1.165) is 17.0 Å². The molecule has 0 saturated heterocycles. The monoisotopic (exact) mass is 376 g/mol. The molecule has 0 aliphatic carbocycles. The van der Waals surface area contributed by atoms with Crippen LogP contribution in [0.2, 0.25) is 5.02 Å². The van der Waals surface area contributed by atoms with E-state index >= 15 is 0 Å².